The van der Waals surface area contributed by atoms with Crippen LogP contribution in [-0.4, -0.2) is 35.9 Å². The van der Waals surface area contributed by atoms with Crippen LogP contribution in [-0.2, 0) is 32.8 Å². The number of azo groups is 1. The number of fused-ring (bicyclic) bond motifs is 1. The number of phenols is 1. The molecule has 1 aromatic heterocycles. The summed E-state index contributed by atoms with van der Waals surface area (Å²) in [6, 6.07) is 12.2. The Morgan fingerprint density at radius 3 is 2.36 bits per heavy atom. The normalized spacial score (nSPS) is 11.4. The molecule has 4 rings (SSSR count). The Labute approximate surface area is 300 Å². The molecule has 44 heavy (non-hydrogen) atoms. The molecule has 0 bridgehead atoms. The van der Waals surface area contributed by atoms with Gasteiger partial charge in [-0.1, -0.05) is 6.07 Å². The van der Waals surface area contributed by atoms with E-state index in [2.05, 4.69) is 44.3 Å². The first-order chi connectivity index (χ1) is 20.2. The van der Waals surface area contributed by atoms with Crippen molar-refractivity contribution < 1.29 is 115 Å². The van der Waals surface area contributed by atoms with Crippen LogP contribution in [0.3, 0.4) is 0 Å². The van der Waals surface area contributed by atoms with Gasteiger partial charge in [-0.2, -0.15) is 28.2 Å². The van der Waals surface area contributed by atoms with Crippen LogP contribution in [0.2, 0.25) is 0 Å². The van der Waals surface area contributed by atoms with Crippen LogP contribution in [0.5, 0.6) is 5.75 Å². The molecule has 0 unspecified atom stereocenters. The first kappa shape index (κ1) is 38.6. The Bertz CT molecular complexity index is 1680. The molecule has 2 N–H and O–H groups in total. The number of aromatic nitrogens is 2. The van der Waals surface area contributed by atoms with E-state index in [1.807, 2.05) is 0 Å². The number of halogens is 2. The quantitative estimate of drug-likeness (QED) is 0.0207. The standard InChI is InChI=1S/C22H17F2N5O10S3.2Na/c23-18-11-19(27-22(24)26-18)25-14-2-1-12-9-17(40-38-36-31)20(21(30)16(12)10-14)29-28-13-3-5-15(6-4-13)42(33,34)8-7-35-41-39-37-32;;/h1-6,9-11,30-32H,7-8H2,(H,25,26,27);;/q;2*+1/p-2. The molecule has 0 spiro atoms. The molecule has 0 radical (unpaired) electrons. The van der Waals surface area contributed by atoms with Crippen LogP contribution in [0, 0.1) is 12.0 Å². The number of sulfone groups is 1. The molecule has 0 saturated carbocycles. The predicted molar refractivity (Wildman–Crippen MR) is 137 cm³/mol. The van der Waals surface area contributed by atoms with E-state index in [-0.39, 0.29) is 110 Å². The summed E-state index contributed by atoms with van der Waals surface area (Å²) >= 11 is 0.635. The number of hydrogen-bond acceptors (Lipinski definition) is 17. The van der Waals surface area contributed by atoms with Crippen molar-refractivity contribution in [3.8, 4) is 5.75 Å². The van der Waals surface area contributed by atoms with E-state index >= 15 is 0 Å². The Hall–Kier alpha value is -1.57. The van der Waals surface area contributed by atoms with Gasteiger partial charge in [-0.05, 0) is 47.9 Å². The predicted octanol–water partition coefficient (Wildman–Crippen LogP) is -2.41. The van der Waals surface area contributed by atoms with Crippen molar-refractivity contribution in [1.29, 1.82) is 0 Å². The van der Waals surface area contributed by atoms with Gasteiger partial charge < -0.3 is 20.9 Å². The number of hydrogen-bond donors (Lipinski definition) is 2. The zero-order chi connectivity index (χ0) is 30.1. The Balaban J connectivity index is 0.00000337. The minimum atomic E-state index is -3.75. The fourth-order valence-corrected chi connectivity index (χ4v) is 5.29. The molecular formula is C22H15F2N5Na2O10S3. The van der Waals surface area contributed by atoms with Gasteiger partial charge in [-0.25, -0.2) is 8.42 Å². The maximum absolute atomic E-state index is 13.4. The Kier molecular flexibility index (Phi) is 16.3. The van der Waals surface area contributed by atoms with Gasteiger partial charge in [0.25, 0.3) is 0 Å². The average molecular weight is 690 g/mol. The van der Waals surface area contributed by atoms with Gasteiger partial charge in [0.05, 0.1) is 39.9 Å². The van der Waals surface area contributed by atoms with Crippen molar-refractivity contribution >= 4 is 67.9 Å². The van der Waals surface area contributed by atoms with E-state index in [0.29, 0.717) is 23.1 Å². The molecule has 22 heteroatoms. The minimum absolute atomic E-state index is 0. The fourth-order valence-electron chi connectivity index (χ4n) is 3.39. The number of aromatic hydroxyl groups is 1. The molecule has 0 aliphatic heterocycles. The SMILES string of the molecule is O=S(=O)(CCOSOO[O-])c1ccc(N=Nc2c(SOO[O-])cc3ccc(Nc4cc(F)nc(F)n4)cc3c2O)cc1.[Na+].[Na+]. The van der Waals surface area contributed by atoms with Gasteiger partial charge in [0, 0.05) is 17.1 Å². The van der Waals surface area contributed by atoms with E-state index in [1.54, 1.807) is 6.07 Å². The van der Waals surface area contributed by atoms with Gasteiger partial charge in [0.15, 0.2) is 27.9 Å². The van der Waals surface area contributed by atoms with Crippen LogP contribution in [0.15, 0.2) is 74.6 Å². The zero-order valence-corrected chi connectivity index (χ0v) is 29.0. The van der Waals surface area contributed by atoms with E-state index in [9.17, 15) is 32.8 Å². The number of benzene rings is 3. The van der Waals surface area contributed by atoms with E-state index < -0.39 is 33.4 Å². The summed E-state index contributed by atoms with van der Waals surface area (Å²) in [5.41, 5.74) is 0.350. The summed E-state index contributed by atoms with van der Waals surface area (Å²) in [5, 5.41) is 49.0. The largest absolute Gasteiger partial charge is 1.00 e. The molecule has 3 aromatic carbocycles. The first-order valence-electron chi connectivity index (χ1n) is 11.1. The zero-order valence-electron chi connectivity index (χ0n) is 22.5. The van der Waals surface area contributed by atoms with Crippen LogP contribution in [0.1, 0.15) is 0 Å². The van der Waals surface area contributed by atoms with Crippen LogP contribution in [0.25, 0.3) is 10.8 Å². The molecule has 0 amide bonds. The van der Waals surface area contributed by atoms with Crippen molar-refractivity contribution in [2.24, 2.45) is 10.2 Å². The number of nitrogens with zero attached hydrogens (tertiary/aromatic N) is 4. The smallest absolute Gasteiger partial charge is 0.691 e. The van der Waals surface area contributed by atoms with Gasteiger partial charge >= 0.3 is 65.2 Å². The van der Waals surface area contributed by atoms with Gasteiger partial charge in [-0.15, -0.1) is 9.45 Å². The molecule has 0 fully saturated rings. The second kappa shape index (κ2) is 18.5. The molecule has 0 aliphatic carbocycles. The fraction of sp³-hybridized carbons (Fsp3) is 0.0909. The monoisotopic (exact) mass is 689 g/mol. The first-order valence-corrected chi connectivity index (χ1v) is 14.2. The van der Waals surface area contributed by atoms with Gasteiger partial charge in [0.2, 0.25) is 5.95 Å². The molecule has 4 aromatic rings. The molecule has 0 aliphatic rings. The molecule has 222 valence electrons. The van der Waals surface area contributed by atoms with Crippen molar-refractivity contribution in [3.63, 3.8) is 0 Å². The Morgan fingerprint density at radius 2 is 1.68 bits per heavy atom. The Morgan fingerprint density at radius 1 is 0.955 bits per heavy atom. The number of nitrogens with one attached hydrogen (secondary N) is 1. The molecule has 1 heterocycles. The summed E-state index contributed by atoms with van der Waals surface area (Å²) in [5.74, 6) is -2.09. The number of phenolic OH excluding ortho intramolecular Hbond substituents is 1. The average Bonchev–Trinajstić information content (AvgIpc) is 2.95. The molecule has 0 atom stereocenters. The van der Waals surface area contributed by atoms with Gasteiger partial charge in [0.1, 0.15) is 11.5 Å². The topological polar surface area (TPSA) is 209 Å². The summed E-state index contributed by atoms with van der Waals surface area (Å²) in [6.45, 7) is -0.293. The summed E-state index contributed by atoms with van der Waals surface area (Å²) in [7, 11) is -3.75. The van der Waals surface area contributed by atoms with E-state index in [0.717, 1.165) is 6.07 Å². The van der Waals surface area contributed by atoms with Crippen molar-refractivity contribution in [2.45, 2.75) is 9.79 Å². The van der Waals surface area contributed by atoms with Crippen LogP contribution < -0.4 is 74.9 Å². The van der Waals surface area contributed by atoms with Gasteiger partial charge in [-0.3, -0.25) is 14.3 Å². The van der Waals surface area contributed by atoms with E-state index in [1.165, 1.54) is 42.5 Å². The van der Waals surface area contributed by atoms with Crippen molar-refractivity contribution in [2.75, 3.05) is 17.7 Å². The second-order valence-corrected chi connectivity index (χ2v) is 11.1. The molecule has 15 nitrogen and oxygen atoms in total. The summed E-state index contributed by atoms with van der Waals surface area (Å²) in [6.07, 6.45) is -1.28. The molecular weight excluding hydrogens is 674 g/mol. The van der Waals surface area contributed by atoms with Crippen LogP contribution >= 0.6 is 24.4 Å². The van der Waals surface area contributed by atoms with E-state index in [4.69, 9.17) is 4.18 Å². The third-order valence-corrected chi connectivity index (χ3v) is 7.83. The third-order valence-electron chi connectivity index (χ3n) is 5.14. The maximum Gasteiger partial charge on any atom is 1.00 e. The number of anilines is 2. The molecule has 0 saturated heterocycles. The third kappa shape index (κ3) is 10.8. The summed E-state index contributed by atoms with van der Waals surface area (Å²) in [4.78, 5) is 6.45. The van der Waals surface area contributed by atoms with Crippen LogP contribution in [0.4, 0.5) is 31.7 Å². The maximum atomic E-state index is 13.4. The summed E-state index contributed by atoms with van der Waals surface area (Å²) < 4.78 is 64.7. The van der Waals surface area contributed by atoms with Crippen molar-refractivity contribution in [3.05, 3.63) is 66.6 Å². The second-order valence-electron chi connectivity index (χ2n) is 7.74. The number of rotatable bonds is 14. The van der Waals surface area contributed by atoms with Crippen molar-refractivity contribution in [1.82, 2.24) is 9.97 Å². The minimum Gasteiger partial charge on any atom is -0.691 e.